The number of furan rings is 1. The lowest BCUT2D eigenvalue weighted by molar-refractivity contribution is 0.667. The minimum Gasteiger partial charge on any atom is -0.456 e. The second kappa shape index (κ2) is 10.7. The Balaban J connectivity index is 1.22. The van der Waals surface area contributed by atoms with Crippen molar-refractivity contribution in [1.29, 1.82) is 0 Å². The Morgan fingerprint density at radius 1 is 0.611 bits per heavy atom. The lowest BCUT2D eigenvalue weighted by Crippen LogP contribution is -2.37. The molecule has 0 aliphatic heterocycles. The van der Waals surface area contributed by atoms with Crippen LogP contribution in [0.2, 0.25) is 0 Å². The summed E-state index contributed by atoms with van der Waals surface area (Å²) in [6.07, 6.45) is 17.7. The number of nitrogens with zero attached hydrogens (tertiary/aromatic N) is 1. The molecule has 1 spiro atoms. The molecule has 1 heterocycles. The van der Waals surface area contributed by atoms with Crippen LogP contribution in [0.25, 0.3) is 56.4 Å². The Kier molecular flexibility index (Phi) is 5.93. The van der Waals surface area contributed by atoms with Crippen molar-refractivity contribution in [3.8, 4) is 11.1 Å². The number of rotatable bonds is 3. The molecule has 0 fully saturated rings. The van der Waals surface area contributed by atoms with Gasteiger partial charge in [-0.15, -0.1) is 0 Å². The molecule has 6 aromatic carbocycles. The van der Waals surface area contributed by atoms with Crippen LogP contribution < -0.4 is 4.90 Å². The van der Waals surface area contributed by atoms with Crippen LogP contribution in [0.4, 0.5) is 11.4 Å². The van der Waals surface area contributed by atoms with Gasteiger partial charge in [-0.2, -0.15) is 0 Å². The van der Waals surface area contributed by atoms with Crippen molar-refractivity contribution < 1.29 is 4.42 Å². The van der Waals surface area contributed by atoms with Crippen LogP contribution in [-0.2, 0) is 6.42 Å². The second-order valence-corrected chi connectivity index (χ2v) is 15.3. The smallest absolute Gasteiger partial charge is 0.137 e. The van der Waals surface area contributed by atoms with Gasteiger partial charge < -0.3 is 9.32 Å². The van der Waals surface area contributed by atoms with E-state index in [-0.39, 0.29) is 0 Å². The number of hydrogen-bond acceptors (Lipinski definition) is 2. The molecule has 54 heavy (non-hydrogen) atoms. The highest BCUT2D eigenvalue weighted by molar-refractivity contribution is 6.14. The van der Waals surface area contributed by atoms with Crippen molar-refractivity contribution in [3.05, 3.63) is 213 Å². The summed E-state index contributed by atoms with van der Waals surface area (Å²) in [6.45, 7) is 4.60. The molecule has 5 aliphatic carbocycles. The lowest BCUT2D eigenvalue weighted by Gasteiger charge is -2.47. The molecule has 2 heteroatoms. The molecule has 1 unspecified atom stereocenters. The Morgan fingerprint density at radius 2 is 1.28 bits per heavy atom. The maximum absolute atomic E-state index is 6.62. The Morgan fingerprint density at radius 3 is 2.07 bits per heavy atom. The van der Waals surface area contributed by atoms with Gasteiger partial charge in [-0.25, -0.2) is 0 Å². The second-order valence-electron chi connectivity index (χ2n) is 15.3. The highest BCUT2D eigenvalue weighted by atomic mass is 16.3. The first-order chi connectivity index (χ1) is 26.6. The van der Waals surface area contributed by atoms with Crippen LogP contribution in [0.15, 0.2) is 173 Å². The highest BCUT2D eigenvalue weighted by Gasteiger charge is 2.51. The summed E-state index contributed by atoms with van der Waals surface area (Å²) in [5.41, 5.74) is 23.2. The summed E-state index contributed by atoms with van der Waals surface area (Å²) in [4.78, 5) is 2.64. The first-order valence-corrected chi connectivity index (χ1v) is 19.0. The van der Waals surface area contributed by atoms with Crippen LogP contribution in [0.5, 0.6) is 0 Å². The van der Waals surface area contributed by atoms with Crippen LogP contribution in [0, 0.1) is 19.3 Å². The van der Waals surface area contributed by atoms with E-state index >= 15 is 0 Å². The molecule has 2 nitrogen and oxygen atoms in total. The minimum absolute atomic E-state index is 0.595. The quantitative estimate of drug-likeness (QED) is 0.184. The van der Waals surface area contributed by atoms with Crippen molar-refractivity contribution in [2.75, 3.05) is 4.90 Å². The topological polar surface area (TPSA) is 16.4 Å². The van der Waals surface area contributed by atoms with E-state index in [0.717, 1.165) is 34.0 Å². The van der Waals surface area contributed by atoms with E-state index in [1.807, 2.05) is 0 Å². The third kappa shape index (κ3) is 3.80. The molecule has 0 radical (unpaired) electrons. The van der Waals surface area contributed by atoms with E-state index in [2.05, 4.69) is 183 Å². The fraction of sp³-hybridized carbons (Fsp3) is 0.0769. The summed E-state index contributed by atoms with van der Waals surface area (Å²) < 4.78 is 6.62. The number of benzene rings is 6. The van der Waals surface area contributed by atoms with E-state index in [4.69, 9.17) is 4.42 Å². The van der Waals surface area contributed by atoms with E-state index < -0.39 is 5.41 Å². The molecule has 0 bridgehead atoms. The van der Waals surface area contributed by atoms with Gasteiger partial charge in [0.15, 0.2) is 0 Å². The van der Waals surface area contributed by atoms with E-state index in [1.54, 1.807) is 0 Å². The van der Waals surface area contributed by atoms with Gasteiger partial charge in [0, 0.05) is 17.5 Å². The Labute approximate surface area is 314 Å². The number of aryl methyl sites for hydroxylation is 1. The SMILES string of the molecule is Cc1cc2c(c(N(C3=CC=C4C(=Cc5ccccc54)C34C=CC=C3C4=Cc4ccccc43)c3cccc4oc5ccccc5c34)c1C)Cc1ccccc1-2. The molecule has 12 rings (SSSR count). The molecule has 0 saturated carbocycles. The summed E-state index contributed by atoms with van der Waals surface area (Å²) in [7, 11) is 0. The van der Waals surface area contributed by atoms with Gasteiger partial charge >= 0.3 is 0 Å². The fourth-order valence-electron chi connectivity index (χ4n) is 10.1. The predicted octanol–water partition coefficient (Wildman–Crippen LogP) is 13.3. The molecular weight excluding hydrogens is 655 g/mol. The number of hydrogen-bond donors (Lipinski definition) is 0. The first-order valence-electron chi connectivity index (χ1n) is 19.0. The fourth-order valence-corrected chi connectivity index (χ4v) is 10.1. The zero-order chi connectivity index (χ0) is 35.7. The predicted molar refractivity (Wildman–Crippen MR) is 224 cm³/mol. The molecule has 1 aromatic heterocycles. The van der Waals surface area contributed by atoms with Crippen molar-refractivity contribution >= 4 is 56.6 Å². The Hall–Kier alpha value is -6.64. The first kappa shape index (κ1) is 29.9. The largest absolute Gasteiger partial charge is 0.456 e. The molecule has 254 valence electrons. The van der Waals surface area contributed by atoms with Crippen molar-refractivity contribution in [2.24, 2.45) is 5.41 Å². The molecule has 0 N–H and O–H groups in total. The van der Waals surface area contributed by atoms with Gasteiger partial charge in [0.1, 0.15) is 11.2 Å². The van der Waals surface area contributed by atoms with Gasteiger partial charge in [0.2, 0.25) is 0 Å². The van der Waals surface area contributed by atoms with Gasteiger partial charge in [-0.3, -0.25) is 0 Å². The van der Waals surface area contributed by atoms with Crippen LogP contribution in [-0.4, -0.2) is 0 Å². The van der Waals surface area contributed by atoms with Gasteiger partial charge in [-0.1, -0.05) is 127 Å². The summed E-state index contributed by atoms with van der Waals surface area (Å²) in [5, 5.41) is 2.26. The Bertz CT molecular complexity index is 3020. The van der Waals surface area contributed by atoms with Crippen molar-refractivity contribution in [1.82, 2.24) is 0 Å². The maximum atomic E-state index is 6.62. The van der Waals surface area contributed by atoms with Crippen LogP contribution in [0.1, 0.15) is 44.5 Å². The number of anilines is 2. The van der Waals surface area contributed by atoms with Gasteiger partial charge in [0.05, 0.1) is 22.2 Å². The zero-order valence-corrected chi connectivity index (χ0v) is 30.2. The van der Waals surface area contributed by atoms with Gasteiger partial charge in [-0.05, 0) is 128 Å². The standard InChI is InChI=1S/C52H35NO/c1-31-27-42-38-18-8-3-13-33(38)28-43(42)51(32(31)2)53(46-21-11-23-48-50(46)41-19-9-10-22-47(41)54-48)49-25-24-40-37-17-7-5-15-35(37)30-45(40)52(49)26-12-20-39-36-16-6-4-14-34(36)29-44(39)52/h3-27,29-30H,28H2,1-2H3. The summed E-state index contributed by atoms with van der Waals surface area (Å²) in [5.74, 6) is 0. The van der Waals surface area contributed by atoms with Crippen LogP contribution >= 0.6 is 0 Å². The number of allylic oxidation sites excluding steroid dienone is 7. The normalized spacial score (nSPS) is 18.3. The molecule has 5 aliphatic rings. The van der Waals surface area contributed by atoms with E-state index in [0.29, 0.717) is 0 Å². The average molecular weight is 690 g/mol. The number of para-hydroxylation sites is 1. The monoisotopic (exact) mass is 689 g/mol. The van der Waals surface area contributed by atoms with E-state index in [1.165, 1.54) is 89.3 Å². The average Bonchev–Trinajstić information content (AvgIpc) is 3.98. The summed E-state index contributed by atoms with van der Waals surface area (Å²) >= 11 is 0. The minimum atomic E-state index is -0.595. The molecule has 0 amide bonds. The van der Waals surface area contributed by atoms with Crippen LogP contribution in [0.3, 0.4) is 0 Å². The third-order valence-corrected chi connectivity index (χ3v) is 12.6. The number of fused-ring (bicyclic) bond motifs is 14. The molecule has 1 atom stereocenters. The summed E-state index contributed by atoms with van der Waals surface area (Å²) in [6, 6.07) is 44.2. The molecule has 0 saturated heterocycles. The molecule has 7 aromatic rings. The van der Waals surface area contributed by atoms with E-state index in [9.17, 15) is 0 Å². The third-order valence-electron chi connectivity index (χ3n) is 12.6. The molecular formula is C52H35NO. The van der Waals surface area contributed by atoms with Crippen molar-refractivity contribution in [2.45, 2.75) is 20.3 Å². The lowest BCUT2D eigenvalue weighted by atomic mass is 9.63. The maximum Gasteiger partial charge on any atom is 0.137 e. The highest BCUT2D eigenvalue weighted by Crippen LogP contribution is 2.64. The zero-order valence-electron chi connectivity index (χ0n) is 30.2. The van der Waals surface area contributed by atoms with Gasteiger partial charge in [0.25, 0.3) is 0 Å². The van der Waals surface area contributed by atoms with Crippen molar-refractivity contribution in [3.63, 3.8) is 0 Å².